The van der Waals surface area contributed by atoms with Crippen LogP contribution in [0.2, 0.25) is 0 Å². The van der Waals surface area contributed by atoms with Gasteiger partial charge in [0.05, 0.1) is 6.61 Å². The van der Waals surface area contributed by atoms with E-state index in [4.69, 9.17) is 5.11 Å². The molecule has 1 aliphatic rings. The number of rotatable bonds is 4. The Balaban J connectivity index is 2.56. The molecule has 0 bridgehead atoms. The molecule has 2 N–H and O–H groups in total. The molecule has 0 aliphatic heterocycles. The summed E-state index contributed by atoms with van der Waals surface area (Å²) in [6.45, 7) is 7.72. The molecular weight excluding hydrogens is 200 g/mol. The molecule has 0 unspecified atom stereocenters. The van der Waals surface area contributed by atoms with E-state index in [9.17, 15) is 0 Å². The van der Waals surface area contributed by atoms with E-state index in [1.165, 1.54) is 25.7 Å². The molecule has 0 aromatic heterocycles. The smallest absolute Gasteiger partial charge is 0.0558 e. The van der Waals surface area contributed by atoms with Gasteiger partial charge in [0.25, 0.3) is 0 Å². The second-order valence-corrected chi connectivity index (χ2v) is 6.06. The summed E-state index contributed by atoms with van der Waals surface area (Å²) >= 11 is 0. The molecule has 0 aromatic carbocycles. The maximum atomic E-state index is 9.02. The number of aliphatic hydroxyl groups is 1. The molecular formula is C13H28N2O. The fraction of sp³-hybridized carbons (Fsp3) is 1.00. The van der Waals surface area contributed by atoms with Crippen LogP contribution >= 0.6 is 0 Å². The van der Waals surface area contributed by atoms with Crippen LogP contribution in [-0.4, -0.2) is 47.8 Å². The average Bonchev–Trinajstić information content (AvgIpc) is 2.16. The number of aliphatic hydroxyl groups excluding tert-OH is 1. The minimum atomic E-state index is 0.181. The van der Waals surface area contributed by atoms with E-state index in [0.29, 0.717) is 12.1 Å². The third-order valence-corrected chi connectivity index (χ3v) is 3.37. The van der Waals surface area contributed by atoms with Gasteiger partial charge < -0.3 is 10.4 Å². The molecule has 0 amide bonds. The topological polar surface area (TPSA) is 35.5 Å². The van der Waals surface area contributed by atoms with Gasteiger partial charge in [-0.1, -0.05) is 12.8 Å². The monoisotopic (exact) mass is 228 g/mol. The maximum Gasteiger partial charge on any atom is 0.0558 e. The number of likely N-dealkylation sites (N-methyl/N-ethyl adjacent to an activating group) is 1. The molecule has 3 heteroatoms. The first-order valence-corrected chi connectivity index (χ1v) is 6.53. The Morgan fingerprint density at radius 3 is 2.44 bits per heavy atom. The molecule has 16 heavy (non-hydrogen) atoms. The van der Waals surface area contributed by atoms with E-state index >= 15 is 0 Å². The highest BCUT2D eigenvalue weighted by Gasteiger charge is 2.30. The Kier molecular flexibility index (Phi) is 5.22. The molecule has 1 saturated carbocycles. The summed E-state index contributed by atoms with van der Waals surface area (Å²) < 4.78 is 0. The van der Waals surface area contributed by atoms with Gasteiger partial charge >= 0.3 is 0 Å². The van der Waals surface area contributed by atoms with Crippen LogP contribution < -0.4 is 5.32 Å². The predicted molar refractivity (Wildman–Crippen MR) is 68.6 cm³/mol. The van der Waals surface area contributed by atoms with Crippen LogP contribution in [0.5, 0.6) is 0 Å². The van der Waals surface area contributed by atoms with Crippen molar-refractivity contribution in [2.45, 2.75) is 64.1 Å². The normalized spacial score (nSPS) is 27.4. The van der Waals surface area contributed by atoms with Crippen LogP contribution in [-0.2, 0) is 0 Å². The van der Waals surface area contributed by atoms with Crippen molar-refractivity contribution < 1.29 is 5.11 Å². The van der Waals surface area contributed by atoms with Gasteiger partial charge in [-0.2, -0.15) is 0 Å². The number of nitrogens with one attached hydrogen (secondary N) is 1. The first-order valence-electron chi connectivity index (χ1n) is 6.53. The molecule has 2 atom stereocenters. The molecule has 0 aromatic rings. The van der Waals surface area contributed by atoms with Crippen LogP contribution in [0.1, 0.15) is 46.5 Å². The second-order valence-electron chi connectivity index (χ2n) is 6.06. The molecule has 1 fully saturated rings. The average molecular weight is 228 g/mol. The largest absolute Gasteiger partial charge is 0.395 e. The van der Waals surface area contributed by atoms with Gasteiger partial charge in [0, 0.05) is 24.2 Å². The lowest BCUT2D eigenvalue weighted by Gasteiger charge is -2.41. The molecule has 1 rings (SSSR count). The Hall–Kier alpha value is -0.120. The zero-order valence-corrected chi connectivity index (χ0v) is 11.3. The lowest BCUT2D eigenvalue weighted by atomic mass is 9.87. The molecule has 0 heterocycles. The van der Waals surface area contributed by atoms with Crippen molar-refractivity contribution in [1.82, 2.24) is 10.2 Å². The summed E-state index contributed by atoms with van der Waals surface area (Å²) in [6, 6.07) is 1.16. The molecule has 3 nitrogen and oxygen atoms in total. The Morgan fingerprint density at radius 1 is 1.25 bits per heavy atom. The first kappa shape index (κ1) is 13.9. The second kappa shape index (κ2) is 5.99. The molecule has 0 spiro atoms. The van der Waals surface area contributed by atoms with Crippen LogP contribution in [0.3, 0.4) is 0 Å². The fourth-order valence-corrected chi connectivity index (χ4v) is 2.69. The lowest BCUT2D eigenvalue weighted by Crippen LogP contribution is -2.56. The minimum absolute atomic E-state index is 0.181. The van der Waals surface area contributed by atoms with Crippen molar-refractivity contribution in [3.63, 3.8) is 0 Å². The summed E-state index contributed by atoms with van der Waals surface area (Å²) in [5, 5.41) is 12.7. The van der Waals surface area contributed by atoms with Crippen LogP contribution in [0, 0.1) is 0 Å². The van der Waals surface area contributed by atoms with Crippen molar-refractivity contribution in [3.05, 3.63) is 0 Å². The molecule has 96 valence electrons. The third-order valence-electron chi connectivity index (χ3n) is 3.37. The van der Waals surface area contributed by atoms with Gasteiger partial charge in [0.1, 0.15) is 0 Å². The highest BCUT2D eigenvalue weighted by atomic mass is 16.3. The van der Waals surface area contributed by atoms with Crippen molar-refractivity contribution in [1.29, 1.82) is 0 Å². The molecule has 1 aliphatic carbocycles. The van der Waals surface area contributed by atoms with Gasteiger partial charge in [-0.05, 0) is 40.7 Å². The van der Waals surface area contributed by atoms with E-state index in [-0.39, 0.29) is 12.1 Å². The van der Waals surface area contributed by atoms with Gasteiger partial charge in [0.15, 0.2) is 0 Å². The number of nitrogens with zero attached hydrogens (tertiary/aromatic N) is 1. The highest BCUT2D eigenvalue weighted by Crippen LogP contribution is 2.24. The zero-order valence-electron chi connectivity index (χ0n) is 11.3. The Labute approximate surface area is 100 Å². The van der Waals surface area contributed by atoms with Crippen molar-refractivity contribution in [2.24, 2.45) is 0 Å². The van der Waals surface area contributed by atoms with Crippen molar-refractivity contribution in [3.8, 4) is 0 Å². The molecule has 0 radical (unpaired) electrons. The van der Waals surface area contributed by atoms with E-state index in [0.717, 1.165) is 6.54 Å². The van der Waals surface area contributed by atoms with Crippen LogP contribution in [0.4, 0.5) is 0 Å². The van der Waals surface area contributed by atoms with Gasteiger partial charge in [0.2, 0.25) is 0 Å². The standard InChI is InChI=1S/C13H28N2O/c1-13(2,3)14-11-7-5-6-8-12(11)15(4)9-10-16/h11-12,14,16H,5-10H2,1-4H3/t11-,12-/m0/s1. The molecule has 0 saturated heterocycles. The number of hydrogen-bond donors (Lipinski definition) is 2. The van der Waals surface area contributed by atoms with Gasteiger partial charge in [-0.15, -0.1) is 0 Å². The third kappa shape index (κ3) is 4.40. The SMILES string of the molecule is CN(CCO)[C@H]1CCCC[C@@H]1NC(C)(C)C. The first-order chi connectivity index (χ1) is 7.44. The lowest BCUT2D eigenvalue weighted by molar-refractivity contribution is 0.112. The maximum absolute atomic E-state index is 9.02. The van der Waals surface area contributed by atoms with E-state index < -0.39 is 0 Å². The quantitative estimate of drug-likeness (QED) is 0.767. The fourth-order valence-electron chi connectivity index (χ4n) is 2.69. The van der Waals surface area contributed by atoms with Gasteiger partial charge in [-0.25, -0.2) is 0 Å². The number of hydrogen-bond acceptors (Lipinski definition) is 3. The van der Waals surface area contributed by atoms with Crippen LogP contribution in [0.25, 0.3) is 0 Å². The van der Waals surface area contributed by atoms with E-state index in [1.807, 2.05) is 0 Å². The zero-order chi connectivity index (χ0) is 12.2. The van der Waals surface area contributed by atoms with Crippen LogP contribution in [0.15, 0.2) is 0 Å². The predicted octanol–water partition coefficient (Wildman–Crippen LogP) is 1.61. The summed E-state index contributed by atoms with van der Waals surface area (Å²) in [6.07, 6.45) is 5.17. The minimum Gasteiger partial charge on any atom is -0.395 e. The Bertz CT molecular complexity index is 201. The Morgan fingerprint density at radius 2 is 1.88 bits per heavy atom. The summed E-state index contributed by atoms with van der Waals surface area (Å²) in [5.74, 6) is 0. The highest BCUT2D eigenvalue weighted by molar-refractivity contribution is 4.90. The van der Waals surface area contributed by atoms with E-state index in [2.05, 4.69) is 38.0 Å². The van der Waals surface area contributed by atoms with Crippen molar-refractivity contribution in [2.75, 3.05) is 20.2 Å². The summed E-state index contributed by atoms with van der Waals surface area (Å²) in [4.78, 5) is 2.31. The van der Waals surface area contributed by atoms with E-state index in [1.54, 1.807) is 0 Å². The van der Waals surface area contributed by atoms with Crippen molar-refractivity contribution >= 4 is 0 Å². The summed E-state index contributed by atoms with van der Waals surface area (Å²) in [5.41, 5.74) is 0.181. The summed E-state index contributed by atoms with van der Waals surface area (Å²) in [7, 11) is 2.13. The van der Waals surface area contributed by atoms with Gasteiger partial charge in [-0.3, -0.25) is 4.90 Å².